The van der Waals surface area contributed by atoms with Crippen molar-refractivity contribution in [3.05, 3.63) is 72.7 Å². The number of fused-ring (bicyclic) bond motifs is 3. The Morgan fingerprint density at radius 3 is 2.86 bits per heavy atom. The van der Waals surface area contributed by atoms with Crippen LogP contribution in [0.5, 0.6) is 0 Å². The van der Waals surface area contributed by atoms with E-state index in [4.69, 9.17) is 0 Å². The summed E-state index contributed by atoms with van der Waals surface area (Å²) in [4.78, 5) is 20.8. The van der Waals surface area contributed by atoms with E-state index in [0.29, 0.717) is 11.3 Å². The highest BCUT2D eigenvalue weighted by molar-refractivity contribution is 6.04. The molecule has 106 valence electrons. The molecular weight excluding hydrogens is 276 g/mol. The second kappa shape index (κ2) is 4.96. The van der Waals surface area contributed by atoms with Crippen molar-refractivity contribution in [2.45, 2.75) is 0 Å². The molecule has 1 N–H and O–H groups in total. The summed E-state index contributed by atoms with van der Waals surface area (Å²) >= 11 is 0. The second-order valence-corrected chi connectivity index (χ2v) is 4.94. The number of nitrogens with one attached hydrogen (secondary N) is 1. The Labute approximate surface area is 126 Å². The molecule has 0 radical (unpaired) electrons. The van der Waals surface area contributed by atoms with Gasteiger partial charge in [0.2, 0.25) is 0 Å². The van der Waals surface area contributed by atoms with Crippen LogP contribution in [0.1, 0.15) is 10.4 Å². The number of imidazole rings is 1. The topological polar surface area (TPSA) is 59.3 Å². The van der Waals surface area contributed by atoms with Crippen LogP contribution < -0.4 is 5.32 Å². The van der Waals surface area contributed by atoms with Gasteiger partial charge in [0.1, 0.15) is 5.65 Å². The van der Waals surface area contributed by atoms with E-state index in [2.05, 4.69) is 15.3 Å². The molecule has 5 heteroatoms. The molecule has 0 aliphatic carbocycles. The molecule has 4 rings (SSSR count). The van der Waals surface area contributed by atoms with Crippen LogP contribution in [-0.2, 0) is 0 Å². The number of aromatic nitrogens is 3. The Bertz CT molecular complexity index is 976. The van der Waals surface area contributed by atoms with Gasteiger partial charge < -0.3 is 5.32 Å². The van der Waals surface area contributed by atoms with Gasteiger partial charge in [-0.05, 0) is 36.4 Å². The van der Waals surface area contributed by atoms with E-state index < -0.39 is 0 Å². The van der Waals surface area contributed by atoms with Crippen molar-refractivity contribution < 1.29 is 4.79 Å². The second-order valence-electron chi connectivity index (χ2n) is 4.94. The van der Waals surface area contributed by atoms with Gasteiger partial charge in [-0.3, -0.25) is 14.2 Å². The van der Waals surface area contributed by atoms with Crippen LogP contribution in [0.25, 0.3) is 16.7 Å². The van der Waals surface area contributed by atoms with E-state index in [1.807, 2.05) is 34.9 Å². The fourth-order valence-corrected chi connectivity index (χ4v) is 2.44. The number of carbonyl (C=O) groups excluding carboxylic acids is 1. The third-order valence-electron chi connectivity index (χ3n) is 3.49. The zero-order chi connectivity index (χ0) is 14.9. The van der Waals surface area contributed by atoms with Gasteiger partial charge in [-0.15, -0.1) is 0 Å². The van der Waals surface area contributed by atoms with Crippen molar-refractivity contribution in [3.63, 3.8) is 0 Å². The number of pyridine rings is 2. The third kappa shape index (κ3) is 2.09. The number of anilines is 1. The van der Waals surface area contributed by atoms with Gasteiger partial charge in [0.15, 0.2) is 0 Å². The van der Waals surface area contributed by atoms with Crippen LogP contribution in [-0.4, -0.2) is 20.3 Å². The minimum absolute atomic E-state index is 0.178. The molecule has 3 aromatic heterocycles. The lowest BCUT2D eigenvalue weighted by Crippen LogP contribution is -2.12. The van der Waals surface area contributed by atoms with E-state index in [-0.39, 0.29) is 5.91 Å². The van der Waals surface area contributed by atoms with Crippen LogP contribution in [0.4, 0.5) is 5.69 Å². The van der Waals surface area contributed by atoms with E-state index in [1.165, 1.54) is 0 Å². The quantitative estimate of drug-likeness (QED) is 0.616. The van der Waals surface area contributed by atoms with Gasteiger partial charge in [-0.25, -0.2) is 4.98 Å². The van der Waals surface area contributed by atoms with E-state index in [1.54, 1.807) is 36.7 Å². The number of para-hydroxylation sites is 2. The number of rotatable bonds is 2. The Balaban J connectivity index is 1.73. The highest BCUT2D eigenvalue weighted by Gasteiger charge is 2.09. The molecule has 0 fully saturated rings. The third-order valence-corrected chi connectivity index (χ3v) is 3.49. The van der Waals surface area contributed by atoms with E-state index in [0.717, 1.165) is 16.7 Å². The molecule has 1 aromatic carbocycles. The van der Waals surface area contributed by atoms with Gasteiger partial charge in [0.25, 0.3) is 5.91 Å². The van der Waals surface area contributed by atoms with Crippen molar-refractivity contribution in [2.24, 2.45) is 0 Å². The van der Waals surface area contributed by atoms with Crippen molar-refractivity contribution in [1.29, 1.82) is 0 Å². The Morgan fingerprint density at radius 1 is 1.09 bits per heavy atom. The highest BCUT2D eigenvalue weighted by Crippen LogP contribution is 2.17. The first-order valence-corrected chi connectivity index (χ1v) is 6.89. The SMILES string of the molecule is O=C(Nc1cccnc1)c1ccn2c(c1)nc1ccccc12. The molecule has 1 amide bonds. The highest BCUT2D eigenvalue weighted by atomic mass is 16.1. The predicted molar refractivity (Wildman–Crippen MR) is 84.9 cm³/mol. The molecule has 0 spiro atoms. The number of hydrogen-bond donors (Lipinski definition) is 1. The summed E-state index contributed by atoms with van der Waals surface area (Å²) < 4.78 is 1.97. The Hall–Kier alpha value is -3.21. The molecule has 0 saturated carbocycles. The fraction of sp³-hybridized carbons (Fsp3) is 0. The first kappa shape index (κ1) is 12.5. The summed E-state index contributed by atoms with van der Waals surface area (Å²) in [6.45, 7) is 0. The van der Waals surface area contributed by atoms with Crippen LogP contribution in [0.2, 0.25) is 0 Å². The van der Waals surface area contributed by atoms with Crippen LogP contribution in [0, 0.1) is 0 Å². The van der Waals surface area contributed by atoms with Crippen LogP contribution >= 0.6 is 0 Å². The molecular formula is C17H12N4O. The summed E-state index contributed by atoms with van der Waals surface area (Å²) in [7, 11) is 0. The summed E-state index contributed by atoms with van der Waals surface area (Å²) in [6.07, 6.45) is 5.14. The zero-order valence-corrected chi connectivity index (χ0v) is 11.6. The van der Waals surface area contributed by atoms with E-state index >= 15 is 0 Å². The normalized spacial score (nSPS) is 10.9. The van der Waals surface area contributed by atoms with Crippen molar-refractivity contribution in [1.82, 2.24) is 14.4 Å². The predicted octanol–water partition coefficient (Wildman–Crippen LogP) is 3.13. The molecule has 3 heterocycles. The summed E-state index contributed by atoms with van der Waals surface area (Å²) in [5.41, 5.74) is 3.91. The summed E-state index contributed by atoms with van der Waals surface area (Å²) in [6, 6.07) is 15.0. The fourth-order valence-electron chi connectivity index (χ4n) is 2.44. The molecule has 22 heavy (non-hydrogen) atoms. The Morgan fingerprint density at radius 2 is 2.00 bits per heavy atom. The molecule has 0 bridgehead atoms. The van der Waals surface area contributed by atoms with Gasteiger partial charge in [0, 0.05) is 18.0 Å². The first-order chi connectivity index (χ1) is 10.8. The summed E-state index contributed by atoms with van der Waals surface area (Å²) in [5, 5.41) is 2.82. The van der Waals surface area contributed by atoms with Gasteiger partial charge >= 0.3 is 0 Å². The molecule has 0 atom stereocenters. The number of benzene rings is 1. The zero-order valence-electron chi connectivity index (χ0n) is 11.6. The van der Waals surface area contributed by atoms with Crippen molar-refractivity contribution in [3.8, 4) is 0 Å². The molecule has 0 aliphatic rings. The smallest absolute Gasteiger partial charge is 0.255 e. The lowest BCUT2D eigenvalue weighted by atomic mass is 10.2. The number of carbonyl (C=O) groups is 1. The number of hydrogen-bond acceptors (Lipinski definition) is 3. The van der Waals surface area contributed by atoms with Crippen molar-refractivity contribution >= 4 is 28.3 Å². The molecule has 0 unspecified atom stereocenters. The molecule has 0 aliphatic heterocycles. The van der Waals surface area contributed by atoms with Gasteiger partial charge in [-0.1, -0.05) is 12.1 Å². The first-order valence-electron chi connectivity index (χ1n) is 6.89. The summed E-state index contributed by atoms with van der Waals surface area (Å²) in [5.74, 6) is -0.178. The Kier molecular flexibility index (Phi) is 2.83. The van der Waals surface area contributed by atoms with Crippen molar-refractivity contribution in [2.75, 3.05) is 5.32 Å². The minimum atomic E-state index is -0.178. The average molecular weight is 288 g/mol. The maximum Gasteiger partial charge on any atom is 0.255 e. The standard InChI is InChI=1S/C17H12N4O/c22-17(19-13-4-3-8-18-11-13)12-7-9-21-15-6-2-1-5-14(15)20-16(21)10-12/h1-11H,(H,19,22). The number of nitrogens with zero attached hydrogens (tertiary/aromatic N) is 3. The largest absolute Gasteiger partial charge is 0.321 e. The maximum atomic E-state index is 12.3. The number of amides is 1. The maximum absolute atomic E-state index is 12.3. The lowest BCUT2D eigenvalue weighted by molar-refractivity contribution is 0.102. The average Bonchev–Trinajstić information content (AvgIpc) is 2.93. The monoisotopic (exact) mass is 288 g/mol. The van der Waals surface area contributed by atoms with Crippen LogP contribution in [0.15, 0.2) is 67.1 Å². The lowest BCUT2D eigenvalue weighted by Gasteiger charge is -2.05. The molecule has 0 saturated heterocycles. The van der Waals surface area contributed by atoms with Crippen LogP contribution in [0.3, 0.4) is 0 Å². The van der Waals surface area contributed by atoms with Gasteiger partial charge in [-0.2, -0.15) is 0 Å². The van der Waals surface area contributed by atoms with E-state index in [9.17, 15) is 4.79 Å². The van der Waals surface area contributed by atoms with Gasteiger partial charge in [0.05, 0.1) is 22.9 Å². The minimum Gasteiger partial charge on any atom is -0.321 e. The molecule has 4 aromatic rings. The molecule has 5 nitrogen and oxygen atoms in total.